The summed E-state index contributed by atoms with van der Waals surface area (Å²) in [4.78, 5) is 11.6. The largest absolute Gasteiger partial charge is 0.497 e. The molecule has 104 valence electrons. The molecule has 0 saturated carbocycles. The highest BCUT2D eigenvalue weighted by Gasteiger charge is 2.05. The number of hydrogen-bond acceptors (Lipinski definition) is 5. The van der Waals surface area contributed by atoms with Crippen molar-refractivity contribution in [2.45, 2.75) is 0 Å². The summed E-state index contributed by atoms with van der Waals surface area (Å²) >= 11 is 0. The minimum atomic E-state index is -0.374. The van der Waals surface area contributed by atoms with E-state index in [4.69, 9.17) is 9.47 Å². The van der Waals surface area contributed by atoms with E-state index < -0.39 is 0 Å². The number of aromatic amines is 1. The fourth-order valence-electron chi connectivity index (χ4n) is 1.54. The third kappa shape index (κ3) is 3.14. The van der Waals surface area contributed by atoms with Gasteiger partial charge in [-0.15, -0.1) is 0 Å². The first-order valence-corrected chi connectivity index (χ1v) is 5.79. The van der Waals surface area contributed by atoms with Crippen molar-refractivity contribution >= 4 is 12.1 Å². The summed E-state index contributed by atoms with van der Waals surface area (Å²) < 4.78 is 10.3. The molecule has 0 radical (unpaired) electrons. The molecule has 1 aromatic carbocycles. The van der Waals surface area contributed by atoms with Crippen molar-refractivity contribution in [3.8, 4) is 11.5 Å². The highest BCUT2D eigenvalue weighted by atomic mass is 16.5. The third-order valence-electron chi connectivity index (χ3n) is 2.55. The quantitative estimate of drug-likeness (QED) is 0.633. The second kappa shape index (κ2) is 6.37. The predicted octanol–water partition coefficient (Wildman–Crippen LogP) is 1.19. The van der Waals surface area contributed by atoms with Crippen LogP contribution in [0, 0.1) is 0 Å². The van der Waals surface area contributed by atoms with Crippen LogP contribution in [0.5, 0.6) is 11.5 Å². The molecular formula is C13H14N4O3. The van der Waals surface area contributed by atoms with Gasteiger partial charge in [0, 0.05) is 11.8 Å². The van der Waals surface area contributed by atoms with Crippen LogP contribution in [0.25, 0.3) is 0 Å². The molecule has 1 amide bonds. The van der Waals surface area contributed by atoms with E-state index in [0.29, 0.717) is 22.8 Å². The van der Waals surface area contributed by atoms with Crippen molar-refractivity contribution < 1.29 is 14.3 Å². The normalized spacial score (nSPS) is 10.5. The van der Waals surface area contributed by atoms with Crippen molar-refractivity contribution in [2.24, 2.45) is 5.10 Å². The van der Waals surface area contributed by atoms with E-state index in [1.54, 1.807) is 38.5 Å². The molecule has 2 N–H and O–H groups in total. The number of H-pyrrole nitrogens is 1. The lowest BCUT2D eigenvalue weighted by atomic mass is 10.2. The van der Waals surface area contributed by atoms with Crippen molar-refractivity contribution in [1.82, 2.24) is 15.6 Å². The molecule has 20 heavy (non-hydrogen) atoms. The van der Waals surface area contributed by atoms with E-state index in [2.05, 4.69) is 20.7 Å². The van der Waals surface area contributed by atoms with Crippen LogP contribution in [0.1, 0.15) is 16.1 Å². The number of benzene rings is 1. The zero-order chi connectivity index (χ0) is 14.4. The maximum atomic E-state index is 11.6. The molecule has 0 bridgehead atoms. The standard InChI is InChI=1S/C13H14N4O3/c1-19-10-3-4-12(20-2)9(7-10)8-15-17-13(18)11-5-6-14-16-11/h3-8H,1-2H3,(H,14,16)(H,17,18). The molecule has 1 aromatic heterocycles. The number of rotatable bonds is 5. The highest BCUT2D eigenvalue weighted by Crippen LogP contribution is 2.22. The number of hydrogen-bond donors (Lipinski definition) is 2. The zero-order valence-electron chi connectivity index (χ0n) is 11.1. The fraction of sp³-hybridized carbons (Fsp3) is 0.154. The van der Waals surface area contributed by atoms with Crippen molar-refractivity contribution in [3.63, 3.8) is 0 Å². The molecule has 1 heterocycles. The number of carbonyl (C=O) groups excluding carboxylic acids is 1. The summed E-state index contributed by atoms with van der Waals surface area (Å²) in [5.74, 6) is 0.929. The van der Waals surface area contributed by atoms with E-state index in [9.17, 15) is 4.79 Å². The number of amides is 1. The van der Waals surface area contributed by atoms with Gasteiger partial charge in [-0.25, -0.2) is 5.43 Å². The molecule has 0 atom stereocenters. The van der Waals surface area contributed by atoms with Gasteiger partial charge >= 0.3 is 0 Å². The number of nitrogens with one attached hydrogen (secondary N) is 2. The Labute approximate surface area is 115 Å². The lowest BCUT2D eigenvalue weighted by Gasteiger charge is -2.06. The van der Waals surface area contributed by atoms with Crippen LogP contribution >= 0.6 is 0 Å². The third-order valence-corrected chi connectivity index (χ3v) is 2.55. The molecule has 2 rings (SSSR count). The molecule has 7 heteroatoms. The van der Waals surface area contributed by atoms with E-state index in [-0.39, 0.29) is 5.91 Å². The number of nitrogens with zero attached hydrogens (tertiary/aromatic N) is 2. The Kier molecular flexibility index (Phi) is 4.33. The molecule has 0 saturated heterocycles. The van der Waals surface area contributed by atoms with Crippen LogP contribution in [0.15, 0.2) is 35.6 Å². The van der Waals surface area contributed by atoms with E-state index >= 15 is 0 Å². The van der Waals surface area contributed by atoms with Crippen LogP contribution in [0.4, 0.5) is 0 Å². The molecule has 0 fully saturated rings. The van der Waals surface area contributed by atoms with Gasteiger partial charge in [0.2, 0.25) is 0 Å². The van der Waals surface area contributed by atoms with Gasteiger partial charge in [-0.05, 0) is 24.3 Å². The second-order valence-electron chi connectivity index (χ2n) is 3.78. The first-order chi connectivity index (χ1) is 9.74. The molecule has 2 aromatic rings. The molecule has 0 aliphatic carbocycles. The van der Waals surface area contributed by atoms with Crippen LogP contribution in [0.3, 0.4) is 0 Å². The molecule has 0 aliphatic rings. The highest BCUT2D eigenvalue weighted by molar-refractivity contribution is 5.93. The van der Waals surface area contributed by atoms with Crippen LogP contribution in [-0.4, -0.2) is 36.5 Å². The maximum absolute atomic E-state index is 11.6. The van der Waals surface area contributed by atoms with E-state index in [1.165, 1.54) is 12.4 Å². The van der Waals surface area contributed by atoms with Crippen molar-refractivity contribution in [2.75, 3.05) is 14.2 Å². The topological polar surface area (TPSA) is 88.6 Å². The summed E-state index contributed by atoms with van der Waals surface area (Å²) in [5, 5.41) is 10.1. The Morgan fingerprint density at radius 1 is 1.35 bits per heavy atom. The molecule has 0 spiro atoms. The zero-order valence-corrected chi connectivity index (χ0v) is 11.1. The monoisotopic (exact) mass is 274 g/mol. The summed E-state index contributed by atoms with van der Waals surface area (Å²) in [6.45, 7) is 0. The van der Waals surface area contributed by atoms with E-state index in [0.717, 1.165) is 0 Å². The van der Waals surface area contributed by atoms with Gasteiger partial charge in [0.05, 0.1) is 20.4 Å². The predicted molar refractivity (Wildman–Crippen MR) is 73.2 cm³/mol. The van der Waals surface area contributed by atoms with E-state index in [1.807, 2.05) is 0 Å². The van der Waals surface area contributed by atoms with Gasteiger partial charge in [-0.2, -0.15) is 10.2 Å². The Morgan fingerprint density at radius 2 is 2.20 bits per heavy atom. The lowest BCUT2D eigenvalue weighted by Crippen LogP contribution is -2.18. The summed E-state index contributed by atoms with van der Waals surface area (Å²) in [6.07, 6.45) is 2.97. The number of ether oxygens (including phenoxy) is 2. The van der Waals surface area contributed by atoms with Gasteiger partial charge in [-0.1, -0.05) is 0 Å². The summed E-state index contributed by atoms with van der Waals surface area (Å²) in [6, 6.07) is 6.85. The Balaban J connectivity index is 2.09. The lowest BCUT2D eigenvalue weighted by molar-refractivity contribution is 0.0950. The number of aromatic nitrogens is 2. The van der Waals surface area contributed by atoms with Gasteiger partial charge in [0.25, 0.3) is 5.91 Å². The first kappa shape index (κ1) is 13.6. The van der Waals surface area contributed by atoms with Gasteiger partial charge in [0.1, 0.15) is 17.2 Å². The number of hydrazone groups is 1. The van der Waals surface area contributed by atoms with Crippen LogP contribution in [0.2, 0.25) is 0 Å². The summed E-state index contributed by atoms with van der Waals surface area (Å²) in [7, 11) is 3.13. The Morgan fingerprint density at radius 3 is 2.85 bits per heavy atom. The number of carbonyl (C=O) groups is 1. The van der Waals surface area contributed by atoms with Crippen LogP contribution < -0.4 is 14.9 Å². The maximum Gasteiger partial charge on any atom is 0.289 e. The smallest absolute Gasteiger partial charge is 0.289 e. The first-order valence-electron chi connectivity index (χ1n) is 5.79. The Bertz CT molecular complexity index is 608. The van der Waals surface area contributed by atoms with Crippen LogP contribution in [-0.2, 0) is 0 Å². The van der Waals surface area contributed by atoms with Gasteiger partial charge < -0.3 is 9.47 Å². The average Bonchev–Trinajstić information content (AvgIpc) is 3.01. The molecule has 0 aliphatic heterocycles. The molecule has 7 nitrogen and oxygen atoms in total. The number of methoxy groups -OCH3 is 2. The minimum Gasteiger partial charge on any atom is -0.497 e. The Hall–Kier alpha value is -2.83. The molecule has 0 unspecified atom stereocenters. The van der Waals surface area contributed by atoms with Gasteiger partial charge in [-0.3, -0.25) is 9.89 Å². The SMILES string of the molecule is COc1ccc(OC)c(C=NNC(=O)c2ccn[nH]2)c1. The summed E-state index contributed by atoms with van der Waals surface area (Å²) in [5.41, 5.74) is 3.41. The average molecular weight is 274 g/mol. The fourth-order valence-corrected chi connectivity index (χ4v) is 1.54. The minimum absolute atomic E-state index is 0.333. The second-order valence-corrected chi connectivity index (χ2v) is 3.78. The molecular weight excluding hydrogens is 260 g/mol. The van der Waals surface area contributed by atoms with Gasteiger partial charge in [0.15, 0.2) is 0 Å². The van der Waals surface area contributed by atoms with Crippen molar-refractivity contribution in [3.05, 3.63) is 41.7 Å². The van der Waals surface area contributed by atoms with Crippen molar-refractivity contribution in [1.29, 1.82) is 0 Å².